The van der Waals surface area contributed by atoms with Crippen LogP contribution in [-0.4, -0.2) is 0 Å². The maximum absolute atomic E-state index is 2.55. The first-order valence-corrected chi connectivity index (χ1v) is 26.3. The van der Waals surface area contributed by atoms with Gasteiger partial charge in [-0.05, 0) is 174 Å². The van der Waals surface area contributed by atoms with Gasteiger partial charge in [-0.1, -0.05) is 198 Å². The Morgan fingerprint density at radius 3 is 1.24 bits per heavy atom. The van der Waals surface area contributed by atoms with Gasteiger partial charge in [-0.15, -0.1) is 0 Å². The third-order valence-corrected chi connectivity index (χ3v) is 16.6. The van der Waals surface area contributed by atoms with E-state index in [4.69, 9.17) is 0 Å². The fraction of sp³-hybridized carbons (Fsp3) is 0.111. The van der Waals surface area contributed by atoms with Crippen LogP contribution in [0.1, 0.15) is 67.5 Å². The molecule has 0 unspecified atom stereocenters. The summed E-state index contributed by atoms with van der Waals surface area (Å²) < 4.78 is 0. The van der Waals surface area contributed by atoms with Crippen molar-refractivity contribution in [3.8, 4) is 44.5 Å². The average Bonchev–Trinajstić information content (AvgIpc) is 3.84. The standard InChI is InChI=1S/C72H56N2/c1-71(2)63-45-47(53-41-43-65(57-33-19-17-31-55(53)57)73(49-23-9-5-10-24-49)50-25-11-6-12-26-50)37-39-61(63)67-59-35-21-22-36-60(59)68-62-40-38-48(46-64(62)72(3,4)70(68)69(67)71)54-42-44-66(58-34-20-18-32-56(54)58)74(51-27-13-7-14-28-51)52-29-15-8-16-30-52/h5-17,19-31,33-46H,18,32H2,1-4H3. The SMILES string of the molecule is CC1(C)c2cc(-c3ccc(N(c4ccccc4)c4ccccc4)c4c3CCC=C4)ccc2-c2c1c1c(c3ccccc23)-c2ccc(-c3ccc(N(c4ccccc4)c4ccccc4)c4ccccc34)cc2C1(C)C. The number of hydrogen-bond acceptors (Lipinski definition) is 2. The fourth-order valence-corrected chi connectivity index (χ4v) is 13.3. The molecule has 11 aromatic rings. The molecular weight excluding hydrogens is 893 g/mol. The van der Waals surface area contributed by atoms with Gasteiger partial charge in [0.25, 0.3) is 0 Å². The number of benzene rings is 11. The van der Waals surface area contributed by atoms with Crippen LogP contribution in [0, 0.1) is 0 Å². The lowest BCUT2D eigenvalue weighted by Gasteiger charge is -2.32. The Morgan fingerprint density at radius 1 is 0.351 bits per heavy atom. The van der Waals surface area contributed by atoms with Crippen LogP contribution in [0.5, 0.6) is 0 Å². The van der Waals surface area contributed by atoms with Crippen LogP contribution in [0.2, 0.25) is 0 Å². The Morgan fingerprint density at radius 2 is 0.743 bits per heavy atom. The highest BCUT2D eigenvalue weighted by Crippen LogP contribution is 2.63. The van der Waals surface area contributed by atoms with Crippen molar-refractivity contribution in [3.05, 3.63) is 270 Å². The van der Waals surface area contributed by atoms with E-state index < -0.39 is 0 Å². The molecule has 0 saturated heterocycles. The first kappa shape index (κ1) is 44.0. The molecule has 0 amide bonds. The van der Waals surface area contributed by atoms with E-state index in [1.54, 1.807) is 0 Å². The Bertz CT molecular complexity index is 3970. The van der Waals surface area contributed by atoms with E-state index in [-0.39, 0.29) is 10.8 Å². The summed E-state index contributed by atoms with van der Waals surface area (Å²) in [4.78, 5) is 4.80. The first-order chi connectivity index (χ1) is 36.3. The smallest absolute Gasteiger partial charge is 0.0540 e. The van der Waals surface area contributed by atoms with Gasteiger partial charge in [0, 0.05) is 44.5 Å². The van der Waals surface area contributed by atoms with Crippen molar-refractivity contribution in [2.75, 3.05) is 9.80 Å². The molecule has 74 heavy (non-hydrogen) atoms. The van der Waals surface area contributed by atoms with Crippen LogP contribution < -0.4 is 9.80 Å². The van der Waals surface area contributed by atoms with Gasteiger partial charge in [0.1, 0.15) is 0 Å². The van der Waals surface area contributed by atoms with Crippen molar-refractivity contribution < 1.29 is 0 Å². The molecule has 11 aromatic carbocycles. The molecule has 0 fully saturated rings. The van der Waals surface area contributed by atoms with Gasteiger partial charge in [0.15, 0.2) is 0 Å². The lowest BCUT2D eigenvalue weighted by atomic mass is 9.71. The van der Waals surface area contributed by atoms with Crippen LogP contribution in [-0.2, 0) is 17.3 Å². The molecule has 2 nitrogen and oxygen atoms in total. The first-order valence-electron chi connectivity index (χ1n) is 26.3. The summed E-state index contributed by atoms with van der Waals surface area (Å²) >= 11 is 0. The number of nitrogens with zero attached hydrogens (tertiary/aromatic N) is 2. The fourth-order valence-electron chi connectivity index (χ4n) is 13.3. The molecule has 0 aromatic heterocycles. The van der Waals surface area contributed by atoms with Gasteiger partial charge in [-0.3, -0.25) is 0 Å². The van der Waals surface area contributed by atoms with Gasteiger partial charge in [-0.25, -0.2) is 0 Å². The van der Waals surface area contributed by atoms with Crippen LogP contribution in [0.25, 0.3) is 72.1 Å². The second-order valence-electron chi connectivity index (χ2n) is 21.5. The topological polar surface area (TPSA) is 6.48 Å². The number of hydrogen-bond donors (Lipinski definition) is 0. The maximum atomic E-state index is 2.55. The number of para-hydroxylation sites is 4. The molecule has 0 N–H and O–H groups in total. The zero-order valence-electron chi connectivity index (χ0n) is 42.4. The van der Waals surface area contributed by atoms with Crippen LogP contribution in [0.15, 0.2) is 237 Å². The number of fused-ring (bicyclic) bond motifs is 12. The lowest BCUT2D eigenvalue weighted by molar-refractivity contribution is 0.602. The highest BCUT2D eigenvalue weighted by atomic mass is 15.1. The summed E-state index contributed by atoms with van der Waals surface area (Å²) in [5.41, 5.74) is 25.5. The van der Waals surface area contributed by atoms with Crippen molar-refractivity contribution >= 4 is 61.7 Å². The number of allylic oxidation sites excluding steroid dienone is 1. The van der Waals surface area contributed by atoms with Gasteiger partial charge >= 0.3 is 0 Å². The predicted molar refractivity (Wildman–Crippen MR) is 314 cm³/mol. The highest BCUT2D eigenvalue weighted by Gasteiger charge is 2.47. The molecule has 0 saturated carbocycles. The molecule has 3 aliphatic rings. The summed E-state index contributed by atoms with van der Waals surface area (Å²) in [5, 5.41) is 5.14. The minimum absolute atomic E-state index is 0.260. The summed E-state index contributed by atoms with van der Waals surface area (Å²) in [7, 11) is 0. The molecule has 0 heterocycles. The molecule has 14 rings (SSSR count). The quantitative estimate of drug-likeness (QED) is 0.150. The lowest BCUT2D eigenvalue weighted by Crippen LogP contribution is -2.24. The van der Waals surface area contributed by atoms with Crippen LogP contribution in [0.4, 0.5) is 34.1 Å². The Kier molecular flexibility index (Phi) is 10.1. The number of rotatable bonds is 8. The summed E-state index contributed by atoms with van der Waals surface area (Å²) in [6.07, 6.45) is 6.75. The summed E-state index contributed by atoms with van der Waals surface area (Å²) in [6, 6.07) is 85.4. The summed E-state index contributed by atoms with van der Waals surface area (Å²) in [5.74, 6) is 0. The maximum Gasteiger partial charge on any atom is 0.0540 e. The van der Waals surface area contributed by atoms with Gasteiger partial charge in [0.2, 0.25) is 0 Å². The number of anilines is 6. The minimum atomic E-state index is -0.269. The minimum Gasteiger partial charge on any atom is -0.310 e. The van der Waals surface area contributed by atoms with Gasteiger partial charge in [-0.2, -0.15) is 0 Å². The molecule has 0 atom stereocenters. The molecule has 0 spiro atoms. The molecule has 354 valence electrons. The van der Waals surface area contributed by atoms with Crippen molar-refractivity contribution in [1.82, 2.24) is 0 Å². The normalized spacial score (nSPS) is 14.3. The van der Waals surface area contributed by atoms with Gasteiger partial charge in [0.05, 0.1) is 11.4 Å². The second kappa shape index (κ2) is 16.9. The Hall–Kier alpha value is -8.72. The van der Waals surface area contributed by atoms with E-state index in [9.17, 15) is 0 Å². The molecule has 0 aliphatic heterocycles. The molecule has 2 heteroatoms. The second-order valence-corrected chi connectivity index (χ2v) is 21.5. The average molecular weight is 949 g/mol. The van der Waals surface area contributed by atoms with Crippen LogP contribution in [0.3, 0.4) is 0 Å². The van der Waals surface area contributed by atoms with E-state index in [1.807, 2.05) is 0 Å². The third-order valence-electron chi connectivity index (χ3n) is 16.6. The van der Waals surface area contributed by atoms with Crippen molar-refractivity contribution in [3.63, 3.8) is 0 Å². The zero-order valence-corrected chi connectivity index (χ0v) is 42.4. The van der Waals surface area contributed by atoms with Crippen molar-refractivity contribution in [1.29, 1.82) is 0 Å². The van der Waals surface area contributed by atoms with E-state index in [2.05, 4.69) is 280 Å². The van der Waals surface area contributed by atoms with E-state index in [0.717, 1.165) is 41.3 Å². The summed E-state index contributed by atoms with van der Waals surface area (Å²) in [6.45, 7) is 9.94. The predicted octanol–water partition coefficient (Wildman–Crippen LogP) is 19.8. The largest absolute Gasteiger partial charge is 0.310 e. The molecule has 0 radical (unpaired) electrons. The monoisotopic (exact) mass is 948 g/mol. The van der Waals surface area contributed by atoms with Crippen molar-refractivity contribution in [2.45, 2.75) is 51.4 Å². The zero-order chi connectivity index (χ0) is 49.7. The van der Waals surface area contributed by atoms with E-state index >= 15 is 0 Å². The molecule has 3 aliphatic carbocycles. The van der Waals surface area contributed by atoms with Crippen LogP contribution >= 0.6 is 0 Å². The van der Waals surface area contributed by atoms with E-state index in [0.29, 0.717) is 0 Å². The van der Waals surface area contributed by atoms with Gasteiger partial charge < -0.3 is 9.80 Å². The highest BCUT2D eigenvalue weighted by molar-refractivity contribution is 6.14. The molecular formula is C72H56N2. The Balaban J connectivity index is 0.892. The Labute approximate surface area is 435 Å². The molecule has 0 bridgehead atoms. The van der Waals surface area contributed by atoms with Crippen molar-refractivity contribution in [2.24, 2.45) is 0 Å². The third kappa shape index (κ3) is 6.64. The van der Waals surface area contributed by atoms with E-state index in [1.165, 1.54) is 105 Å².